The molecule has 0 unspecified atom stereocenters. The molecule has 1 aromatic heterocycles. The van der Waals surface area contributed by atoms with Gasteiger partial charge in [0.2, 0.25) is 0 Å². The summed E-state index contributed by atoms with van der Waals surface area (Å²) in [5, 5.41) is 3.35. The lowest BCUT2D eigenvalue weighted by Gasteiger charge is -2.36. The van der Waals surface area contributed by atoms with Crippen LogP contribution in [0.15, 0.2) is 57.3 Å². The zero-order valence-electron chi connectivity index (χ0n) is 20.5. The second kappa shape index (κ2) is 9.41. The van der Waals surface area contributed by atoms with Gasteiger partial charge in [0.05, 0.1) is 31.8 Å². The number of nitrogens with one attached hydrogen (secondary N) is 1. The number of hydrogen-bond acceptors (Lipinski definition) is 7. The number of Topliss-reactive ketones (excluding diaryl/α,β-unsaturated/α-hetero) is 1. The van der Waals surface area contributed by atoms with E-state index in [1.54, 1.807) is 28.1 Å². The van der Waals surface area contributed by atoms with Gasteiger partial charge in [-0.25, -0.2) is 4.79 Å². The number of aryl methyl sites for hydroxylation is 1. The summed E-state index contributed by atoms with van der Waals surface area (Å²) in [6.45, 7) is 7.30. The molecule has 4 rings (SSSR count). The second-order valence-corrected chi connectivity index (χ2v) is 9.03. The number of allylic oxidation sites excluding steroid dienone is 3. The maximum Gasteiger partial charge on any atom is 0.337 e. The van der Waals surface area contributed by atoms with Gasteiger partial charge >= 0.3 is 5.97 Å². The quantitative estimate of drug-likeness (QED) is 0.606. The summed E-state index contributed by atoms with van der Waals surface area (Å²) in [6, 6.07) is 9.43. The molecule has 34 heavy (non-hydrogen) atoms. The van der Waals surface area contributed by atoms with E-state index >= 15 is 0 Å². The first kappa shape index (κ1) is 23.7. The van der Waals surface area contributed by atoms with E-state index in [2.05, 4.69) is 5.32 Å². The molecule has 1 aliphatic carbocycles. The molecule has 2 aromatic rings. The molecule has 0 fully saturated rings. The number of methoxy groups -OCH3 is 2. The summed E-state index contributed by atoms with van der Waals surface area (Å²) in [4.78, 5) is 26.7. The molecule has 1 aliphatic heterocycles. The second-order valence-electron chi connectivity index (χ2n) is 9.03. The molecule has 0 saturated heterocycles. The van der Waals surface area contributed by atoms with Crippen LogP contribution in [0, 0.1) is 6.92 Å². The normalized spacial score (nSPS) is 20.3. The minimum atomic E-state index is -0.602. The number of ether oxygens (including phenoxy) is 3. The Bertz CT molecular complexity index is 1190. The van der Waals surface area contributed by atoms with Gasteiger partial charge in [-0.05, 0) is 69.9 Å². The third-order valence-corrected chi connectivity index (χ3v) is 6.31. The molecule has 0 saturated carbocycles. The molecule has 2 heterocycles. The summed E-state index contributed by atoms with van der Waals surface area (Å²) >= 11 is 0. The molecule has 1 aromatic carbocycles. The Kier molecular flexibility index (Phi) is 6.55. The van der Waals surface area contributed by atoms with Crippen molar-refractivity contribution in [2.24, 2.45) is 0 Å². The van der Waals surface area contributed by atoms with Gasteiger partial charge in [-0.15, -0.1) is 0 Å². The largest absolute Gasteiger partial charge is 0.493 e. The van der Waals surface area contributed by atoms with Gasteiger partial charge in [0.15, 0.2) is 17.3 Å². The van der Waals surface area contributed by atoms with Crippen LogP contribution >= 0.6 is 0 Å². The topological polar surface area (TPSA) is 87.0 Å². The molecule has 1 N–H and O–H groups in total. The van der Waals surface area contributed by atoms with Crippen LogP contribution in [0.25, 0.3) is 0 Å². The fourth-order valence-corrected chi connectivity index (χ4v) is 4.82. The SMILES string of the molecule is COc1ccc([C@H]2CC(=O)C3=C(C2)NC(C)=C(C(=O)OC(C)C)[C@H]3c2ccc(C)o2)cc1OC. The first-order valence-electron chi connectivity index (χ1n) is 11.5. The molecular formula is C27H31NO6. The highest BCUT2D eigenvalue weighted by Gasteiger charge is 2.43. The Morgan fingerprint density at radius 3 is 2.41 bits per heavy atom. The van der Waals surface area contributed by atoms with Crippen molar-refractivity contribution in [3.63, 3.8) is 0 Å². The van der Waals surface area contributed by atoms with Crippen LogP contribution in [-0.2, 0) is 14.3 Å². The number of dihydropyridines is 1. The number of ketones is 1. The van der Waals surface area contributed by atoms with Crippen molar-refractivity contribution >= 4 is 11.8 Å². The average molecular weight is 466 g/mol. The van der Waals surface area contributed by atoms with Gasteiger partial charge < -0.3 is 23.9 Å². The predicted molar refractivity (Wildman–Crippen MR) is 127 cm³/mol. The van der Waals surface area contributed by atoms with E-state index in [9.17, 15) is 9.59 Å². The zero-order valence-corrected chi connectivity index (χ0v) is 20.5. The summed E-state index contributed by atoms with van der Waals surface area (Å²) in [7, 11) is 3.19. The van der Waals surface area contributed by atoms with Gasteiger partial charge in [-0.3, -0.25) is 4.79 Å². The maximum atomic E-state index is 13.6. The number of carbonyl (C=O) groups is 2. The molecule has 0 amide bonds. The van der Waals surface area contributed by atoms with Crippen molar-refractivity contribution in [2.45, 2.75) is 58.5 Å². The van der Waals surface area contributed by atoms with Crippen LogP contribution in [0.1, 0.15) is 62.5 Å². The molecule has 0 spiro atoms. The Morgan fingerprint density at radius 2 is 1.79 bits per heavy atom. The van der Waals surface area contributed by atoms with Crippen LogP contribution in [0.5, 0.6) is 11.5 Å². The standard InChI is InChI=1S/C27H31NO6/c1-14(2)33-27(30)24-16(4)28-19-11-18(17-8-10-21(31-5)23(13-17)32-6)12-20(29)25(19)26(24)22-9-7-15(3)34-22/h7-10,13-14,18,26,28H,11-12H2,1-6H3/t18-,26-/m1/s1. The van der Waals surface area contributed by atoms with E-state index in [1.165, 1.54) is 0 Å². The third kappa shape index (κ3) is 4.34. The van der Waals surface area contributed by atoms with E-state index in [0.29, 0.717) is 46.9 Å². The van der Waals surface area contributed by atoms with E-state index < -0.39 is 11.9 Å². The fraction of sp³-hybridized carbons (Fsp3) is 0.407. The highest BCUT2D eigenvalue weighted by Crippen LogP contribution is 2.46. The Labute approximate surface area is 199 Å². The van der Waals surface area contributed by atoms with E-state index in [-0.39, 0.29) is 17.8 Å². The molecule has 0 radical (unpaired) electrons. The van der Waals surface area contributed by atoms with Crippen molar-refractivity contribution in [1.29, 1.82) is 0 Å². The van der Waals surface area contributed by atoms with Crippen molar-refractivity contribution in [3.8, 4) is 11.5 Å². The van der Waals surface area contributed by atoms with Crippen LogP contribution in [0.2, 0.25) is 0 Å². The highest BCUT2D eigenvalue weighted by atomic mass is 16.5. The van der Waals surface area contributed by atoms with E-state index in [1.807, 2.05) is 44.2 Å². The lowest BCUT2D eigenvalue weighted by atomic mass is 9.73. The molecule has 0 bridgehead atoms. The van der Waals surface area contributed by atoms with E-state index in [0.717, 1.165) is 17.0 Å². The van der Waals surface area contributed by atoms with Gasteiger partial charge in [0.25, 0.3) is 0 Å². The Morgan fingerprint density at radius 1 is 1.06 bits per heavy atom. The van der Waals surface area contributed by atoms with Crippen molar-refractivity contribution < 1.29 is 28.2 Å². The highest BCUT2D eigenvalue weighted by molar-refractivity contribution is 6.04. The first-order valence-corrected chi connectivity index (χ1v) is 11.5. The minimum absolute atomic E-state index is 0.0186. The number of benzene rings is 1. The van der Waals surface area contributed by atoms with Gasteiger partial charge in [0, 0.05) is 23.4 Å². The van der Waals surface area contributed by atoms with Crippen LogP contribution in [-0.4, -0.2) is 32.1 Å². The van der Waals surface area contributed by atoms with Crippen LogP contribution in [0.3, 0.4) is 0 Å². The number of rotatable bonds is 6. The Balaban J connectivity index is 1.75. The van der Waals surface area contributed by atoms with E-state index in [4.69, 9.17) is 18.6 Å². The smallest absolute Gasteiger partial charge is 0.337 e. The lowest BCUT2D eigenvalue weighted by molar-refractivity contribution is -0.143. The summed E-state index contributed by atoms with van der Waals surface area (Å²) < 4.78 is 22.3. The molecule has 2 aliphatic rings. The Hall–Kier alpha value is -3.48. The molecule has 180 valence electrons. The monoisotopic (exact) mass is 465 g/mol. The molecule has 7 nitrogen and oxygen atoms in total. The van der Waals surface area contributed by atoms with Gasteiger partial charge in [0.1, 0.15) is 11.5 Å². The molecular weight excluding hydrogens is 434 g/mol. The summed E-state index contributed by atoms with van der Waals surface area (Å²) in [5.74, 6) is 1.46. The van der Waals surface area contributed by atoms with Crippen molar-refractivity contribution in [2.75, 3.05) is 14.2 Å². The van der Waals surface area contributed by atoms with Gasteiger partial charge in [-0.2, -0.15) is 0 Å². The fourth-order valence-electron chi connectivity index (χ4n) is 4.82. The van der Waals surface area contributed by atoms with Crippen LogP contribution < -0.4 is 14.8 Å². The summed E-state index contributed by atoms with van der Waals surface area (Å²) in [5.41, 5.74) is 3.47. The number of hydrogen-bond donors (Lipinski definition) is 1. The predicted octanol–water partition coefficient (Wildman–Crippen LogP) is 4.92. The minimum Gasteiger partial charge on any atom is -0.493 e. The molecule has 7 heteroatoms. The number of furan rings is 1. The first-order chi connectivity index (χ1) is 16.2. The van der Waals surface area contributed by atoms with Crippen molar-refractivity contribution in [3.05, 3.63) is 70.0 Å². The average Bonchev–Trinajstić information content (AvgIpc) is 3.22. The summed E-state index contributed by atoms with van der Waals surface area (Å²) in [6.07, 6.45) is 0.660. The van der Waals surface area contributed by atoms with Gasteiger partial charge in [-0.1, -0.05) is 6.07 Å². The molecule has 2 atom stereocenters. The van der Waals surface area contributed by atoms with Crippen LogP contribution in [0.4, 0.5) is 0 Å². The number of carbonyl (C=O) groups excluding carboxylic acids is 2. The zero-order chi connectivity index (χ0) is 24.6. The third-order valence-electron chi connectivity index (χ3n) is 6.31. The van der Waals surface area contributed by atoms with Crippen molar-refractivity contribution in [1.82, 2.24) is 5.32 Å². The maximum absolute atomic E-state index is 13.6. The lowest BCUT2D eigenvalue weighted by Crippen LogP contribution is -2.36. The number of esters is 1.